The van der Waals surface area contributed by atoms with Crippen LogP contribution in [0.25, 0.3) is 11.3 Å². The van der Waals surface area contributed by atoms with Crippen molar-refractivity contribution >= 4 is 17.2 Å². The summed E-state index contributed by atoms with van der Waals surface area (Å²) in [6.45, 7) is 5.55. The van der Waals surface area contributed by atoms with Crippen LogP contribution in [-0.2, 0) is 6.42 Å². The second-order valence-corrected chi connectivity index (χ2v) is 7.72. The molecule has 0 fully saturated rings. The fourth-order valence-electron chi connectivity index (χ4n) is 3.38. The van der Waals surface area contributed by atoms with Crippen molar-refractivity contribution < 1.29 is 4.79 Å². The molecule has 1 aromatic carbocycles. The molecule has 4 rings (SSSR count). The first-order valence-electron chi connectivity index (χ1n) is 8.83. The number of aryl methyl sites for hydroxylation is 2. The molecule has 3 heterocycles. The van der Waals surface area contributed by atoms with Crippen molar-refractivity contribution in [2.75, 3.05) is 13.1 Å². The number of carbonyl (C=O) groups is 1. The van der Waals surface area contributed by atoms with Crippen LogP contribution in [0.5, 0.6) is 0 Å². The standard InChI is InChI=1S/C20H22N4OS/c1-13-5-6-16(14(2)10-13)17-11-18-20(25)22-12-19(24(18)23-17)21-8-7-15-4-3-9-26-15/h3-6,9-11,19,21H,7-8,12H2,1-2H3,(H,22,25)/t19-/m1/s1. The molecule has 1 aliphatic heterocycles. The molecule has 0 bridgehead atoms. The number of amides is 1. The van der Waals surface area contributed by atoms with Crippen molar-refractivity contribution in [1.29, 1.82) is 0 Å². The number of benzene rings is 1. The third-order valence-corrected chi connectivity index (χ3v) is 5.65. The van der Waals surface area contributed by atoms with Crippen LogP contribution in [0, 0.1) is 13.8 Å². The SMILES string of the molecule is Cc1ccc(-c2cc3n(n2)[C@@H](NCCc2cccs2)CNC3=O)c(C)c1. The quantitative estimate of drug-likeness (QED) is 0.728. The van der Waals surface area contributed by atoms with Gasteiger partial charge in [0, 0.05) is 17.0 Å². The van der Waals surface area contributed by atoms with Gasteiger partial charge in [-0.25, -0.2) is 4.68 Å². The molecular weight excluding hydrogens is 344 g/mol. The maximum Gasteiger partial charge on any atom is 0.269 e. The van der Waals surface area contributed by atoms with E-state index < -0.39 is 0 Å². The number of rotatable bonds is 5. The molecule has 1 atom stereocenters. The number of thiophene rings is 1. The lowest BCUT2D eigenvalue weighted by molar-refractivity contribution is 0.0901. The average Bonchev–Trinajstić information content (AvgIpc) is 3.27. The topological polar surface area (TPSA) is 59.0 Å². The molecule has 5 nitrogen and oxygen atoms in total. The van der Waals surface area contributed by atoms with Gasteiger partial charge >= 0.3 is 0 Å². The van der Waals surface area contributed by atoms with Gasteiger partial charge in [0.05, 0.1) is 12.2 Å². The maximum absolute atomic E-state index is 12.3. The zero-order valence-electron chi connectivity index (χ0n) is 15.0. The molecule has 0 saturated carbocycles. The molecule has 1 aliphatic rings. The lowest BCUT2D eigenvalue weighted by atomic mass is 10.0. The molecule has 0 spiro atoms. The number of fused-ring (bicyclic) bond motifs is 1. The zero-order chi connectivity index (χ0) is 18.1. The molecule has 1 amide bonds. The molecular formula is C20H22N4OS. The van der Waals surface area contributed by atoms with Crippen molar-refractivity contribution in [1.82, 2.24) is 20.4 Å². The first kappa shape index (κ1) is 17.0. The lowest BCUT2D eigenvalue weighted by Crippen LogP contribution is -2.45. The molecule has 2 N–H and O–H groups in total. The summed E-state index contributed by atoms with van der Waals surface area (Å²) in [6.07, 6.45) is 0.949. The minimum absolute atomic E-state index is 0.0258. The molecule has 0 aliphatic carbocycles. The summed E-state index contributed by atoms with van der Waals surface area (Å²) in [7, 11) is 0. The van der Waals surface area contributed by atoms with E-state index in [9.17, 15) is 4.79 Å². The Labute approximate surface area is 157 Å². The summed E-state index contributed by atoms with van der Waals surface area (Å²) >= 11 is 1.77. The predicted octanol–water partition coefficient (Wildman–Crippen LogP) is 3.30. The monoisotopic (exact) mass is 366 g/mol. The molecule has 0 unspecified atom stereocenters. The normalized spacial score (nSPS) is 16.4. The van der Waals surface area contributed by atoms with Crippen molar-refractivity contribution in [2.24, 2.45) is 0 Å². The van der Waals surface area contributed by atoms with Gasteiger partial charge in [0.1, 0.15) is 11.9 Å². The predicted molar refractivity (Wildman–Crippen MR) is 105 cm³/mol. The van der Waals surface area contributed by atoms with Gasteiger partial charge in [0.15, 0.2) is 0 Å². The Kier molecular flexibility index (Phi) is 4.61. The highest BCUT2D eigenvalue weighted by Crippen LogP contribution is 2.26. The van der Waals surface area contributed by atoms with Crippen molar-refractivity contribution in [3.8, 4) is 11.3 Å². The van der Waals surface area contributed by atoms with Crippen molar-refractivity contribution in [2.45, 2.75) is 26.4 Å². The molecule has 0 saturated heterocycles. The first-order chi connectivity index (χ1) is 12.6. The van der Waals surface area contributed by atoms with E-state index >= 15 is 0 Å². The van der Waals surface area contributed by atoms with E-state index in [4.69, 9.17) is 5.10 Å². The highest BCUT2D eigenvalue weighted by molar-refractivity contribution is 7.09. The number of nitrogens with one attached hydrogen (secondary N) is 2. The zero-order valence-corrected chi connectivity index (χ0v) is 15.8. The number of hydrogen-bond acceptors (Lipinski definition) is 4. The fourth-order valence-corrected chi connectivity index (χ4v) is 4.09. The van der Waals surface area contributed by atoms with Gasteiger partial charge < -0.3 is 5.32 Å². The number of hydrogen-bond donors (Lipinski definition) is 2. The van der Waals surface area contributed by atoms with Gasteiger partial charge in [0.25, 0.3) is 5.91 Å². The Morgan fingerprint density at radius 1 is 1.31 bits per heavy atom. The van der Waals surface area contributed by atoms with Gasteiger partial charge in [-0.3, -0.25) is 10.1 Å². The minimum atomic E-state index is -0.0650. The second kappa shape index (κ2) is 7.05. The van der Waals surface area contributed by atoms with E-state index in [1.54, 1.807) is 11.3 Å². The molecule has 134 valence electrons. The number of aromatic nitrogens is 2. The molecule has 0 radical (unpaired) electrons. The third kappa shape index (κ3) is 3.30. The van der Waals surface area contributed by atoms with Gasteiger partial charge in [-0.15, -0.1) is 11.3 Å². The largest absolute Gasteiger partial charge is 0.347 e. The van der Waals surface area contributed by atoms with Crippen molar-refractivity contribution in [3.05, 3.63) is 63.5 Å². The van der Waals surface area contributed by atoms with Crippen molar-refractivity contribution in [3.63, 3.8) is 0 Å². The number of carbonyl (C=O) groups excluding carboxylic acids is 1. The van der Waals surface area contributed by atoms with Crippen LogP contribution in [0.1, 0.15) is 32.7 Å². The van der Waals surface area contributed by atoms with Crippen LogP contribution < -0.4 is 10.6 Å². The summed E-state index contributed by atoms with van der Waals surface area (Å²) in [4.78, 5) is 13.6. The maximum atomic E-state index is 12.3. The molecule has 26 heavy (non-hydrogen) atoms. The Bertz CT molecular complexity index is 929. The first-order valence-corrected chi connectivity index (χ1v) is 9.71. The van der Waals surface area contributed by atoms with Crippen LogP contribution in [0.3, 0.4) is 0 Å². The summed E-state index contributed by atoms with van der Waals surface area (Å²) < 4.78 is 1.84. The van der Waals surface area contributed by atoms with E-state index in [2.05, 4.69) is 60.2 Å². The molecule has 3 aromatic rings. The van der Waals surface area contributed by atoms with Crippen LogP contribution in [0.2, 0.25) is 0 Å². The van der Waals surface area contributed by atoms with E-state index in [0.29, 0.717) is 12.2 Å². The summed E-state index contributed by atoms with van der Waals surface area (Å²) in [5.41, 5.74) is 4.92. The Balaban J connectivity index is 1.57. The minimum Gasteiger partial charge on any atom is -0.347 e. The smallest absolute Gasteiger partial charge is 0.269 e. The van der Waals surface area contributed by atoms with Crippen LogP contribution >= 0.6 is 11.3 Å². The second-order valence-electron chi connectivity index (χ2n) is 6.69. The third-order valence-electron chi connectivity index (χ3n) is 4.71. The summed E-state index contributed by atoms with van der Waals surface area (Å²) in [6, 6.07) is 12.4. The van der Waals surface area contributed by atoms with Crippen LogP contribution in [0.15, 0.2) is 41.8 Å². The highest BCUT2D eigenvalue weighted by Gasteiger charge is 2.27. The van der Waals surface area contributed by atoms with E-state index in [-0.39, 0.29) is 12.1 Å². The average molecular weight is 366 g/mol. The van der Waals surface area contributed by atoms with E-state index in [1.807, 2.05) is 10.7 Å². The van der Waals surface area contributed by atoms with E-state index in [1.165, 1.54) is 16.0 Å². The fraction of sp³-hybridized carbons (Fsp3) is 0.300. The Morgan fingerprint density at radius 3 is 2.96 bits per heavy atom. The van der Waals surface area contributed by atoms with E-state index in [0.717, 1.165) is 24.2 Å². The summed E-state index contributed by atoms with van der Waals surface area (Å²) in [5, 5.41) is 13.3. The van der Waals surface area contributed by atoms with Gasteiger partial charge in [0.2, 0.25) is 0 Å². The highest BCUT2D eigenvalue weighted by atomic mass is 32.1. The Hall–Kier alpha value is -2.44. The molecule has 2 aromatic heterocycles. The number of nitrogens with zero attached hydrogens (tertiary/aromatic N) is 2. The van der Waals surface area contributed by atoms with Gasteiger partial charge in [-0.1, -0.05) is 29.8 Å². The lowest BCUT2D eigenvalue weighted by Gasteiger charge is -2.25. The molecule has 6 heteroatoms. The van der Waals surface area contributed by atoms with Crippen LogP contribution in [0.4, 0.5) is 0 Å². The Morgan fingerprint density at radius 2 is 2.19 bits per heavy atom. The van der Waals surface area contributed by atoms with Gasteiger partial charge in [-0.2, -0.15) is 5.10 Å². The summed E-state index contributed by atoms with van der Waals surface area (Å²) in [5.74, 6) is -0.0650. The van der Waals surface area contributed by atoms with Crippen LogP contribution in [-0.4, -0.2) is 28.8 Å². The van der Waals surface area contributed by atoms with Gasteiger partial charge in [-0.05, 0) is 43.3 Å².